The van der Waals surface area contributed by atoms with Crippen LogP contribution in [0.15, 0.2) is 60.8 Å². The maximum absolute atomic E-state index is 13.6. The molecule has 0 fully saturated rings. The summed E-state index contributed by atoms with van der Waals surface area (Å²) >= 11 is 0. The molecule has 4 rings (SSSR count). The van der Waals surface area contributed by atoms with Gasteiger partial charge < -0.3 is 23.9 Å². The molecule has 0 saturated heterocycles. The van der Waals surface area contributed by atoms with Gasteiger partial charge in [-0.1, -0.05) is 0 Å². The lowest BCUT2D eigenvalue weighted by molar-refractivity contribution is -0.144. The van der Waals surface area contributed by atoms with E-state index in [9.17, 15) is 98.2 Å². The predicted molar refractivity (Wildman–Crippen MR) is 183 cm³/mol. The largest absolute Gasteiger partial charge is 0.461 e. The highest BCUT2D eigenvalue weighted by Gasteiger charge is 2.43. The molecule has 0 amide bonds. The van der Waals surface area contributed by atoms with E-state index in [0.717, 1.165) is 0 Å². The predicted octanol–water partition coefficient (Wildman–Crippen LogP) is 11.5. The second-order valence-electron chi connectivity index (χ2n) is 14.2. The molecule has 9 nitrogen and oxygen atoms in total. The summed E-state index contributed by atoms with van der Waals surface area (Å²) in [6.45, 7) is -4.04. The van der Waals surface area contributed by atoms with Crippen molar-refractivity contribution in [1.82, 2.24) is 4.98 Å². The quantitative estimate of drug-likeness (QED) is 0.0846. The van der Waals surface area contributed by atoms with E-state index in [-0.39, 0.29) is 53.2 Å². The summed E-state index contributed by atoms with van der Waals surface area (Å²) in [5, 5.41) is 0. The van der Waals surface area contributed by atoms with Crippen LogP contribution in [0, 0.1) is 19.3 Å². The number of alkyl halides is 18. The average Bonchev–Trinajstić information content (AvgIpc) is 3.54. The lowest BCUT2D eigenvalue weighted by Gasteiger charge is -2.32. The van der Waals surface area contributed by atoms with Gasteiger partial charge in [-0.25, -0.2) is 19.2 Å². The molecular formula is C39H25F18NO8. The molecule has 0 saturated carbocycles. The van der Waals surface area contributed by atoms with Crippen LogP contribution in [-0.2, 0) is 56.0 Å². The van der Waals surface area contributed by atoms with Crippen LogP contribution in [0.4, 0.5) is 79.0 Å². The second-order valence-corrected chi connectivity index (χ2v) is 14.2. The number of carbonyl (C=O) groups excluding carboxylic acids is 4. The van der Waals surface area contributed by atoms with Gasteiger partial charge in [0.1, 0.15) is 31.8 Å². The zero-order chi connectivity index (χ0) is 50.2. The Morgan fingerprint density at radius 3 is 0.818 bits per heavy atom. The monoisotopic (exact) mass is 977 g/mol. The van der Waals surface area contributed by atoms with E-state index >= 15 is 0 Å². The van der Waals surface area contributed by atoms with Crippen molar-refractivity contribution in [3.8, 4) is 0 Å². The molecule has 1 aromatic heterocycles. The maximum Gasteiger partial charge on any atom is 0.416 e. The molecule has 0 aliphatic carbocycles. The van der Waals surface area contributed by atoms with E-state index in [2.05, 4.69) is 4.98 Å². The molecule has 0 radical (unpaired) electrons. The number of benzene rings is 3. The average molecular weight is 978 g/mol. The van der Waals surface area contributed by atoms with E-state index in [1.165, 1.54) is 20.0 Å². The molecule has 1 N–H and O–H groups in total. The maximum atomic E-state index is 13.6. The van der Waals surface area contributed by atoms with E-state index < -0.39 is 161 Å². The van der Waals surface area contributed by atoms with Gasteiger partial charge in [-0.05, 0) is 74.0 Å². The summed E-state index contributed by atoms with van der Waals surface area (Å²) in [6.07, 6.45) is -32.1. The molecule has 0 aliphatic heterocycles. The Balaban J connectivity index is 1.87. The third-order valence-corrected chi connectivity index (χ3v) is 8.99. The van der Waals surface area contributed by atoms with Gasteiger partial charge in [-0.15, -0.1) is 0 Å². The smallest absolute Gasteiger partial charge is 0.416 e. The number of hydrogen-bond acceptors (Lipinski definition) is 8. The first-order chi connectivity index (χ1) is 29.9. The first-order valence-electron chi connectivity index (χ1n) is 17.6. The lowest BCUT2D eigenvalue weighted by atomic mass is 9.91. The number of esters is 4. The summed E-state index contributed by atoms with van der Waals surface area (Å²) in [5.41, 5.74) is -20.0. The molecule has 0 unspecified atom stereocenters. The van der Waals surface area contributed by atoms with Gasteiger partial charge in [0.05, 0.1) is 55.6 Å². The highest BCUT2D eigenvalue weighted by Crippen LogP contribution is 2.40. The van der Waals surface area contributed by atoms with E-state index in [4.69, 9.17) is 18.9 Å². The topological polar surface area (TPSA) is 121 Å². The van der Waals surface area contributed by atoms with Crippen LogP contribution in [0.2, 0.25) is 0 Å². The fraction of sp³-hybridized carbons (Fsp3) is 0.333. The summed E-state index contributed by atoms with van der Waals surface area (Å²) in [7, 11) is 0. The Kier molecular flexibility index (Phi) is 14.6. The SMILES string of the molecule is Cc1c[nH]c(C)c1C(=O)OCC(COC(=O)c1cc(C(F)(F)F)cc(C(F)(F)F)c1)(COC(=O)c1cc(C(F)(F)F)cc(C(F)(F)F)c1)COC(=O)c1cc(C(F)(F)F)cc(C(F)(F)F)c1. The van der Waals surface area contributed by atoms with E-state index in [1.54, 1.807) is 0 Å². The molecule has 0 aliphatic rings. The van der Waals surface area contributed by atoms with Crippen LogP contribution in [0.25, 0.3) is 0 Å². The Morgan fingerprint density at radius 2 is 0.621 bits per heavy atom. The van der Waals surface area contributed by atoms with Crippen molar-refractivity contribution in [2.75, 3.05) is 26.4 Å². The first kappa shape index (κ1) is 52.2. The molecule has 1 heterocycles. The summed E-state index contributed by atoms with van der Waals surface area (Å²) < 4.78 is 265. The number of aryl methyl sites for hydroxylation is 2. The molecule has 4 aromatic rings. The van der Waals surface area contributed by atoms with Crippen molar-refractivity contribution in [1.29, 1.82) is 0 Å². The molecule has 66 heavy (non-hydrogen) atoms. The number of halogens is 18. The normalized spacial score (nSPS) is 13.0. The third kappa shape index (κ3) is 13.1. The van der Waals surface area contributed by atoms with Crippen LogP contribution >= 0.6 is 0 Å². The summed E-state index contributed by atoms with van der Waals surface area (Å²) in [6, 6.07) is -2.20. The number of carbonyl (C=O) groups is 4. The zero-order valence-corrected chi connectivity index (χ0v) is 32.7. The van der Waals surface area contributed by atoms with Gasteiger partial charge in [0, 0.05) is 11.9 Å². The highest BCUT2D eigenvalue weighted by molar-refractivity contribution is 5.93. The summed E-state index contributed by atoms with van der Waals surface area (Å²) in [5.74, 6) is -7.76. The fourth-order valence-corrected chi connectivity index (χ4v) is 5.64. The van der Waals surface area contributed by atoms with Crippen molar-refractivity contribution < 1.29 is 117 Å². The number of hydrogen-bond donors (Lipinski definition) is 1. The lowest BCUT2D eigenvalue weighted by Crippen LogP contribution is -2.44. The standard InChI is InChI=1S/C39H25F18NO8/c1-17-12-58-18(2)28(17)32(62)66-16-33(13-63-29(59)19-3-22(34(40,41)42)9-23(4-19)35(43,44)45,14-64-30(60)20-5-24(36(46,47)48)10-25(6-20)37(49,50)51)15-65-31(61)21-7-26(38(52,53)54)11-27(8-21)39(55,56)57/h3-12,58H,13-16H2,1-2H3. The Morgan fingerprint density at radius 1 is 0.394 bits per heavy atom. The number of aromatic nitrogens is 1. The minimum absolute atomic E-state index is 0.0624. The van der Waals surface area contributed by atoms with Crippen LogP contribution in [-0.4, -0.2) is 55.3 Å². The van der Waals surface area contributed by atoms with Crippen molar-refractivity contribution in [3.05, 3.63) is 128 Å². The fourth-order valence-electron chi connectivity index (χ4n) is 5.64. The van der Waals surface area contributed by atoms with Crippen LogP contribution in [0.5, 0.6) is 0 Å². The third-order valence-electron chi connectivity index (χ3n) is 8.99. The first-order valence-corrected chi connectivity index (χ1v) is 17.6. The number of rotatable bonds is 12. The minimum atomic E-state index is -5.56. The molecule has 27 heteroatoms. The number of nitrogens with one attached hydrogen (secondary N) is 1. The number of H-pyrrole nitrogens is 1. The number of ether oxygens (including phenoxy) is 4. The van der Waals surface area contributed by atoms with E-state index in [1.807, 2.05) is 0 Å². The highest BCUT2D eigenvalue weighted by atomic mass is 19.4. The van der Waals surface area contributed by atoms with Crippen molar-refractivity contribution in [3.63, 3.8) is 0 Å². The van der Waals surface area contributed by atoms with Crippen molar-refractivity contribution >= 4 is 23.9 Å². The summed E-state index contributed by atoms with van der Waals surface area (Å²) in [4.78, 5) is 55.4. The van der Waals surface area contributed by atoms with Gasteiger partial charge in [0.25, 0.3) is 0 Å². The van der Waals surface area contributed by atoms with Crippen LogP contribution < -0.4 is 0 Å². The zero-order valence-electron chi connectivity index (χ0n) is 32.7. The van der Waals surface area contributed by atoms with Crippen LogP contribution in [0.3, 0.4) is 0 Å². The Labute approximate surface area is 356 Å². The van der Waals surface area contributed by atoms with Crippen LogP contribution in [0.1, 0.15) is 86.1 Å². The molecule has 360 valence electrons. The Hall–Kier alpha value is -6.44. The van der Waals surface area contributed by atoms with Gasteiger partial charge in [0.15, 0.2) is 0 Å². The van der Waals surface area contributed by atoms with Gasteiger partial charge in [-0.2, -0.15) is 79.0 Å². The molecule has 0 spiro atoms. The van der Waals surface area contributed by atoms with Gasteiger partial charge in [0.2, 0.25) is 0 Å². The van der Waals surface area contributed by atoms with E-state index in [0.29, 0.717) is 0 Å². The molecule has 3 aromatic carbocycles. The molecular weight excluding hydrogens is 952 g/mol. The minimum Gasteiger partial charge on any atom is -0.461 e. The van der Waals surface area contributed by atoms with Gasteiger partial charge >= 0.3 is 60.9 Å². The molecule has 0 bridgehead atoms. The van der Waals surface area contributed by atoms with Crippen molar-refractivity contribution in [2.45, 2.75) is 50.9 Å². The second kappa shape index (κ2) is 18.4. The molecule has 0 atom stereocenters. The van der Waals surface area contributed by atoms with Crippen molar-refractivity contribution in [2.24, 2.45) is 5.41 Å². The Bertz CT molecular complexity index is 2140. The van der Waals surface area contributed by atoms with Gasteiger partial charge in [-0.3, -0.25) is 0 Å². The number of aromatic amines is 1.